The van der Waals surface area contributed by atoms with Crippen LogP contribution < -0.4 is 5.32 Å². The molecule has 104 valence electrons. The van der Waals surface area contributed by atoms with Gasteiger partial charge in [-0.15, -0.1) is 0 Å². The van der Waals surface area contributed by atoms with E-state index in [0.717, 1.165) is 12.8 Å². The van der Waals surface area contributed by atoms with Gasteiger partial charge < -0.3 is 15.2 Å². The number of amides is 1. The zero-order chi connectivity index (χ0) is 13.7. The Hall–Kier alpha value is -1.46. The molecule has 1 amide bonds. The molecule has 2 rings (SSSR count). The Morgan fingerprint density at radius 3 is 3.00 bits per heavy atom. The zero-order valence-electron chi connectivity index (χ0n) is 10.6. The number of ether oxygens (including phenoxy) is 1. The first-order valence-corrected chi connectivity index (χ1v) is 6.46. The van der Waals surface area contributed by atoms with Crippen molar-refractivity contribution in [1.82, 2.24) is 5.32 Å². The van der Waals surface area contributed by atoms with Gasteiger partial charge in [0.15, 0.2) is 0 Å². The fourth-order valence-corrected chi connectivity index (χ4v) is 2.14. The minimum absolute atomic E-state index is 0.0102. The molecule has 1 aromatic carbocycles. The molecular weight excluding hydrogens is 249 g/mol. The largest absolute Gasteiger partial charge is 0.386 e. The fraction of sp³-hybridized carbons (Fsp3) is 0.500. The van der Waals surface area contributed by atoms with E-state index in [4.69, 9.17) is 4.74 Å². The van der Waals surface area contributed by atoms with Crippen molar-refractivity contribution in [3.05, 3.63) is 35.6 Å². The molecule has 1 fully saturated rings. The molecular formula is C14H18FNO3. The van der Waals surface area contributed by atoms with Crippen LogP contribution in [0.3, 0.4) is 0 Å². The molecule has 0 aromatic heterocycles. The summed E-state index contributed by atoms with van der Waals surface area (Å²) in [5.41, 5.74) is 0.197. The maximum Gasteiger partial charge on any atom is 0.225 e. The summed E-state index contributed by atoms with van der Waals surface area (Å²) in [7, 11) is 0. The fourth-order valence-electron chi connectivity index (χ4n) is 2.14. The van der Waals surface area contributed by atoms with Crippen molar-refractivity contribution >= 4 is 5.91 Å². The molecule has 0 radical (unpaired) electrons. The molecule has 1 aromatic rings. The second-order valence-corrected chi connectivity index (χ2v) is 4.70. The van der Waals surface area contributed by atoms with Gasteiger partial charge in [-0.05, 0) is 18.9 Å². The summed E-state index contributed by atoms with van der Waals surface area (Å²) >= 11 is 0. The Bertz CT molecular complexity index is 432. The third-order valence-electron chi connectivity index (χ3n) is 3.26. The van der Waals surface area contributed by atoms with Crippen LogP contribution in [0.25, 0.3) is 0 Å². The molecule has 1 heterocycles. The van der Waals surface area contributed by atoms with Crippen molar-refractivity contribution < 1.29 is 19.0 Å². The smallest absolute Gasteiger partial charge is 0.225 e. The average Bonchev–Trinajstić information content (AvgIpc) is 2.46. The molecule has 19 heavy (non-hydrogen) atoms. The van der Waals surface area contributed by atoms with E-state index < -0.39 is 11.9 Å². The van der Waals surface area contributed by atoms with Crippen molar-refractivity contribution in [2.45, 2.75) is 18.9 Å². The van der Waals surface area contributed by atoms with E-state index in [0.29, 0.717) is 13.2 Å². The number of hydrogen-bond acceptors (Lipinski definition) is 3. The standard InChI is InChI=1S/C14H18FNO3/c15-12-6-2-1-5-11(12)13(17)8-16-14(18)10-4-3-7-19-9-10/h1-2,5-6,10,13,17H,3-4,7-9H2,(H,16,18). The van der Waals surface area contributed by atoms with E-state index in [1.54, 1.807) is 12.1 Å². The summed E-state index contributed by atoms with van der Waals surface area (Å²) in [5, 5.41) is 12.5. The monoisotopic (exact) mass is 267 g/mol. The Kier molecular flexibility index (Phi) is 4.87. The van der Waals surface area contributed by atoms with Crippen molar-refractivity contribution in [2.24, 2.45) is 5.92 Å². The lowest BCUT2D eigenvalue weighted by Gasteiger charge is -2.22. The number of nitrogens with one attached hydrogen (secondary N) is 1. The molecule has 0 bridgehead atoms. The number of hydrogen-bond donors (Lipinski definition) is 2. The van der Waals surface area contributed by atoms with Crippen molar-refractivity contribution in [3.63, 3.8) is 0 Å². The normalized spacial score (nSPS) is 20.8. The number of benzene rings is 1. The predicted octanol–water partition coefficient (Wildman–Crippen LogP) is 1.40. The van der Waals surface area contributed by atoms with E-state index >= 15 is 0 Å². The molecule has 1 aliphatic rings. The van der Waals surface area contributed by atoms with Gasteiger partial charge in [-0.2, -0.15) is 0 Å². The minimum Gasteiger partial charge on any atom is -0.386 e. The van der Waals surface area contributed by atoms with Gasteiger partial charge in [0.1, 0.15) is 5.82 Å². The Morgan fingerprint density at radius 2 is 2.32 bits per heavy atom. The van der Waals surface area contributed by atoms with E-state index in [1.807, 2.05) is 0 Å². The molecule has 2 unspecified atom stereocenters. The third-order valence-corrected chi connectivity index (χ3v) is 3.26. The van der Waals surface area contributed by atoms with E-state index in [9.17, 15) is 14.3 Å². The number of halogens is 1. The Labute approximate surface area is 111 Å². The van der Waals surface area contributed by atoms with E-state index in [-0.39, 0.29) is 23.9 Å². The third kappa shape index (κ3) is 3.75. The van der Waals surface area contributed by atoms with Crippen molar-refractivity contribution in [3.8, 4) is 0 Å². The summed E-state index contributed by atoms with van der Waals surface area (Å²) in [6.07, 6.45) is 0.630. The molecule has 4 nitrogen and oxygen atoms in total. The van der Waals surface area contributed by atoms with Gasteiger partial charge in [0.25, 0.3) is 0 Å². The SMILES string of the molecule is O=C(NCC(O)c1ccccc1F)C1CCCOC1. The van der Waals surface area contributed by atoms with Crippen LogP contribution in [0.5, 0.6) is 0 Å². The van der Waals surface area contributed by atoms with E-state index in [1.165, 1.54) is 12.1 Å². The number of aliphatic hydroxyl groups is 1. The van der Waals surface area contributed by atoms with Gasteiger partial charge in [0.2, 0.25) is 5.91 Å². The van der Waals surface area contributed by atoms with Gasteiger partial charge in [0, 0.05) is 18.7 Å². The second-order valence-electron chi connectivity index (χ2n) is 4.70. The van der Waals surface area contributed by atoms with Crippen LogP contribution in [-0.4, -0.2) is 30.8 Å². The van der Waals surface area contributed by atoms with E-state index in [2.05, 4.69) is 5.32 Å². The lowest BCUT2D eigenvalue weighted by atomic mass is 10.0. The van der Waals surface area contributed by atoms with Gasteiger partial charge in [-0.1, -0.05) is 18.2 Å². The van der Waals surface area contributed by atoms with Gasteiger partial charge >= 0.3 is 0 Å². The molecule has 5 heteroatoms. The number of carbonyl (C=O) groups is 1. The highest BCUT2D eigenvalue weighted by atomic mass is 19.1. The molecule has 1 saturated heterocycles. The molecule has 0 saturated carbocycles. The summed E-state index contributed by atoms with van der Waals surface area (Å²) in [6, 6.07) is 6.01. The lowest BCUT2D eigenvalue weighted by molar-refractivity contribution is -0.129. The molecule has 0 aliphatic carbocycles. The van der Waals surface area contributed by atoms with Crippen LogP contribution in [-0.2, 0) is 9.53 Å². The second kappa shape index (κ2) is 6.63. The number of rotatable bonds is 4. The summed E-state index contributed by atoms with van der Waals surface area (Å²) < 4.78 is 18.7. The van der Waals surface area contributed by atoms with Crippen LogP contribution in [0, 0.1) is 11.7 Å². The average molecular weight is 267 g/mol. The first-order chi connectivity index (χ1) is 9.18. The predicted molar refractivity (Wildman–Crippen MR) is 67.9 cm³/mol. The van der Waals surface area contributed by atoms with Crippen LogP contribution in [0.2, 0.25) is 0 Å². The Balaban J connectivity index is 1.84. The quantitative estimate of drug-likeness (QED) is 0.867. The zero-order valence-corrected chi connectivity index (χ0v) is 10.6. The summed E-state index contributed by atoms with van der Waals surface area (Å²) in [4.78, 5) is 11.8. The van der Waals surface area contributed by atoms with Crippen LogP contribution >= 0.6 is 0 Å². The van der Waals surface area contributed by atoms with Crippen LogP contribution in [0.1, 0.15) is 24.5 Å². The highest BCUT2D eigenvalue weighted by molar-refractivity contribution is 5.78. The van der Waals surface area contributed by atoms with Crippen LogP contribution in [0.15, 0.2) is 24.3 Å². The summed E-state index contributed by atoms with van der Waals surface area (Å²) in [5.74, 6) is -0.776. The van der Waals surface area contributed by atoms with Crippen molar-refractivity contribution in [2.75, 3.05) is 19.8 Å². The molecule has 2 N–H and O–H groups in total. The van der Waals surface area contributed by atoms with Gasteiger partial charge in [0.05, 0.1) is 18.6 Å². The number of aliphatic hydroxyl groups excluding tert-OH is 1. The lowest BCUT2D eigenvalue weighted by Crippen LogP contribution is -2.37. The highest BCUT2D eigenvalue weighted by Crippen LogP contribution is 2.17. The molecule has 2 atom stereocenters. The highest BCUT2D eigenvalue weighted by Gasteiger charge is 2.22. The van der Waals surface area contributed by atoms with Gasteiger partial charge in [-0.25, -0.2) is 4.39 Å². The minimum atomic E-state index is -1.03. The maximum absolute atomic E-state index is 13.4. The van der Waals surface area contributed by atoms with Crippen molar-refractivity contribution in [1.29, 1.82) is 0 Å². The maximum atomic E-state index is 13.4. The number of carbonyl (C=O) groups excluding carboxylic acids is 1. The molecule has 0 spiro atoms. The molecule has 1 aliphatic heterocycles. The topological polar surface area (TPSA) is 58.6 Å². The first kappa shape index (κ1) is 14.0. The van der Waals surface area contributed by atoms with Gasteiger partial charge in [-0.3, -0.25) is 4.79 Å². The Morgan fingerprint density at radius 1 is 1.53 bits per heavy atom. The van der Waals surface area contributed by atoms with Crippen LogP contribution in [0.4, 0.5) is 4.39 Å². The first-order valence-electron chi connectivity index (χ1n) is 6.46. The summed E-state index contributed by atoms with van der Waals surface area (Å²) in [6.45, 7) is 1.12.